The number of fused-ring (bicyclic) bond motifs is 1. The number of aliphatic hydroxyl groups excluding tert-OH is 1. The van der Waals surface area contributed by atoms with E-state index >= 15 is 0 Å². The van der Waals surface area contributed by atoms with Crippen molar-refractivity contribution in [2.24, 2.45) is 21.9 Å². The molecular weight excluding hydrogens is 604 g/mol. The number of hydrogen-bond donors (Lipinski definition) is 6. The molecule has 2 aromatic rings. The highest BCUT2D eigenvalue weighted by atomic mass is 16.5. The number of hydrogen-bond acceptors (Lipinski definition) is 7. The fourth-order valence-electron chi connectivity index (χ4n) is 6.34. The summed E-state index contributed by atoms with van der Waals surface area (Å²) in [4.78, 5) is 20.2. The molecule has 2 aromatic carbocycles. The number of nitrogens with one attached hydrogen (secondary N) is 3. The number of nitrogens with two attached hydrogens (primary N) is 2. The summed E-state index contributed by atoms with van der Waals surface area (Å²) < 4.78 is 8.41. The minimum atomic E-state index is -0.397. The molecule has 1 fully saturated rings. The number of urea groups is 1. The van der Waals surface area contributed by atoms with Gasteiger partial charge in [0.25, 0.3) is 0 Å². The number of rotatable bonds is 6. The van der Waals surface area contributed by atoms with Gasteiger partial charge < -0.3 is 26.6 Å². The minimum absolute atomic E-state index is 0.109. The number of aliphatic imine (C=N–C) groups is 1. The third-order valence-electron chi connectivity index (χ3n) is 9.29. The van der Waals surface area contributed by atoms with Gasteiger partial charge in [0.05, 0.1) is 37.1 Å². The first-order chi connectivity index (χ1) is 22.9. The van der Waals surface area contributed by atoms with Gasteiger partial charge in [0.1, 0.15) is 17.7 Å². The minimum Gasteiger partial charge on any atom is -0.487 e. The molecule has 2 amide bonds. The number of carbonyl (C=O) groups is 1. The largest absolute Gasteiger partial charge is 0.487 e. The lowest BCUT2D eigenvalue weighted by atomic mass is 9.85. The third-order valence-corrected chi connectivity index (χ3v) is 9.29. The molecule has 11 nitrogen and oxygen atoms in total. The van der Waals surface area contributed by atoms with Crippen LogP contribution in [0.5, 0.6) is 0 Å². The number of amidine groups is 2. The Morgan fingerprint density at radius 1 is 1.12 bits per heavy atom. The highest BCUT2D eigenvalue weighted by Gasteiger charge is 2.33. The summed E-state index contributed by atoms with van der Waals surface area (Å²) in [5, 5.41) is 24.6. The van der Waals surface area contributed by atoms with Crippen molar-refractivity contribution >= 4 is 29.3 Å². The predicted octanol–water partition coefficient (Wildman–Crippen LogP) is 5.80. The average Bonchev–Trinajstić information content (AvgIpc) is 3.06. The number of likely N-dealkylation sites (tertiary alicyclic amines) is 1. The molecule has 3 atom stereocenters. The first kappa shape index (κ1) is 34.7. The number of benzene rings is 2. The van der Waals surface area contributed by atoms with Crippen molar-refractivity contribution in [3.05, 3.63) is 89.0 Å². The van der Waals surface area contributed by atoms with Gasteiger partial charge in [-0.15, -0.1) is 0 Å². The van der Waals surface area contributed by atoms with Gasteiger partial charge in [0, 0.05) is 30.0 Å². The molecule has 0 bridgehead atoms. The fourth-order valence-corrected chi connectivity index (χ4v) is 6.34. The number of amides is 2. The summed E-state index contributed by atoms with van der Waals surface area (Å²) in [6.07, 6.45) is 9.37. The molecule has 0 saturated carbocycles. The van der Waals surface area contributed by atoms with Crippen LogP contribution in [0.25, 0.3) is 0 Å². The molecule has 11 heteroatoms. The van der Waals surface area contributed by atoms with Crippen LogP contribution in [0.15, 0.2) is 77.3 Å². The smallest absolute Gasteiger partial charge is 0.346 e. The van der Waals surface area contributed by atoms with Crippen molar-refractivity contribution in [1.82, 2.24) is 15.5 Å². The second-order valence-corrected chi connectivity index (χ2v) is 14.0. The van der Waals surface area contributed by atoms with Crippen LogP contribution in [-0.2, 0) is 11.3 Å². The van der Waals surface area contributed by atoms with Crippen LogP contribution >= 0.6 is 0 Å². The van der Waals surface area contributed by atoms with Gasteiger partial charge in [0.2, 0.25) is 0 Å². The zero-order valence-corrected chi connectivity index (χ0v) is 28.6. The number of ether oxygens (including phenoxy) is 1. The molecule has 5 rings (SSSR count). The second-order valence-electron chi connectivity index (χ2n) is 14.0. The highest BCUT2D eigenvalue weighted by molar-refractivity contribution is 6.05. The maximum Gasteiger partial charge on any atom is 0.346 e. The first-order valence-corrected chi connectivity index (χ1v) is 17.0. The number of guanidine groups is 1. The molecule has 3 aliphatic rings. The zero-order valence-electron chi connectivity index (χ0n) is 28.6. The number of nitrogens with zero attached hydrogens (tertiary/aromatic N) is 3. The Hall–Kier alpha value is -4.64. The van der Waals surface area contributed by atoms with E-state index in [1.165, 1.54) is 6.42 Å². The van der Waals surface area contributed by atoms with Crippen LogP contribution in [-0.4, -0.2) is 50.8 Å². The number of carbonyl (C=O) groups excluding carboxylic acids is 1. The molecule has 0 radical (unpaired) electrons. The maximum absolute atomic E-state index is 13.5. The van der Waals surface area contributed by atoms with Crippen LogP contribution in [0.4, 0.5) is 10.5 Å². The van der Waals surface area contributed by atoms with Crippen molar-refractivity contribution in [3.63, 3.8) is 0 Å². The van der Waals surface area contributed by atoms with Crippen LogP contribution < -0.4 is 22.1 Å². The van der Waals surface area contributed by atoms with Crippen molar-refractivity contribution in [2.75, 3.05) is 6.54 Å². The number of piperidine rings is 1. The summed E-state index contributed by atoms with van der Waals surface area (Å²) in [5.74, 6) is 2.17. The Balaban J connectivity index is 1.31. The summed E-state index contributed by atoms with van der Waals surface area (Å²) in [6, 6.07) is 14.9. The molecular formula is C37H51N8O3+. The van der Waals surface area contributed by atoms with E-state index in [4.69, 9.17) is 21.6 Å². The van der Waals surface area contributed by atoms with Crippen molar-refractivity contribution in [1.29, 1.82) is 5.41 Å². The van der Waals surface area contributed by atoms with E-state index < -0.39 is 6.03 Å². The SMILES string of the molecule is C[C@H]1CCCCN1C(=N)[N+]1=C(N)CCC(OC2CCC(NC(=O)NC(C=C(N)C(C)(C)C)=Nc3cccc(CO)c3)c3ccccc32)=C1. The van der Waals surface area contributed by atoms with Crippen LogP contribution in [0.3, 0.4) is 0 Å². The Kier molecular flexibility index (Phi) is 10.9. The van der Waals surface area contributed by atoms with Gasteiger partial charge in [-0.25, -0.2) is 9.79 Å². The Labute approximate surface area is 284 Å². The lowest BCUT2D eigenvalue weighted by Crippen LogP contribution is -2.48. The topological polar surface area (TPSA) is 165 Å². The van der Waals surface area contributed by atoms with Crippen LogP contribution in [0.1, 0.15) is 101 Å². The summed E-state index contributed by atoms with van der Waals surface area (Å²) in [5.41, 5.74) is 16.4. The standard InChI is InChI=1S/C37H50N8O3/c1-24-10-7-8-19-44(24)35(40)45-22-27(15-18-33(45)39)48-31-17-16-30(28-13-5-6-14-29(28)31)42-36(47)43-34(21-32(38)37(2,3)4)41-26-12-9-11-25(20-26)23-46/h5-6,9,11-14,20-22,24,30-31,39-40,46H,7-8,10,15-19,23H2,1-4H3,(H4,38,41,42,43,47)/p+1/t24-,30?,31?/m0/s1. The normalized spacial score (nSPS) is 22.1. The Morgan fingerprint density at radius 3 is 2.62 bits per heavy atom. The van der Waals surface area contributed by atoms with Crippen LogP contribution in [0, 0.1) is 10.8 Å². The average molecular weight is 656 g/mol. The predicted molar refractivity (Wildman–Crippen MR) is 190 cm³/mol. The lowest BCUT2D eigenvalue weighted by molar-refractivity contribution is -0.352. The van der Waals surface area contributed by atoms with Gasteiger partial charge >= 0.3 is 12.0 Å². The third kappa shape index (κ3) is 8.44. The Morgan fingerprint density at radius 2 is 1.90 bits per heavy atom. The first-order valence-electron chi connectivity index (χ1n) is 17.0. The molecule has 1 saturated heterocycles. The summed E-state index contributed by atoms with van der Waals surface area (Å²) in [6.45, 7) is 8.90. The molecule has 0 spiro atoms. The molecule has 256 valence electrons. The van der Waals surface area contributed by atoms with E-state index in [0.717, 1.165) is 41.8 Å². The molecule has 1 aliphatic carbocycles. The van der Waals surface area contributed by atoms with Gasteiger partial charge in [-0.05, 0) is 67.9 Å². The molecule has 0 aromatic heterocycles. The van der Waals surface area contributed by atoms with E-state index in [-0.39, 0.29) is 24.2 Å². The molecule has 8 N–H and O–H groups in total. The van der Waals surface area contributed by atoms with E-state index in [1.54, 1.807) is 16.7 Å². The van der Waals surface area contributed by atoms with E-state index in [2.05, 4.69) is 33.5 Å². The van der Waals surface area contributed by atoms with Gasteiger partial charge in [-0.1, -0.05) is 57.2 Å². The molecule has 2 heterocycles. The van der Waals surface area contributed by atoms with E-state index in [9.17, 15) is 9.90 Å². The lowest BCUT2D eigenvalue weighted by Gasteiger charge is -2.34. The van der Waals surface area contributed by atoms with Crippen molar-refractivity contribution in [2.45, 2.75) is 97.4 Å². The highest BCUT2D eigenvalue weighted by Crippen LogP contribution is 2.40. The number of allylic oxidation sites excluding steroid dienone is 2. The quantitative estimate of drug-likeness (QED) is 0.131. The van der Waals surface area contributed by atoms with E-state index in [0.29, 0.717) is 60.7 Å². The zero-order chi connectivity index (χ0) is 34.4. The van der Waals surface area contributed by atoms with E-state index in [1.807, 2.05) is 63.4 Å². The number of aliphatic hydroxyl groups is 1. The van der Waals surface area contributed by atoms with Gasteiger partial charge in [0.15, 0.2) is 5.84 Å². The van der Waals surface area contributed by atoms with Gasteiger partial charge in [-0.3, -0.25) is 10.2 Å². The maximum atomic E-state index is 13.5. The molecule has 2 aliphatic heterocycles. The van der Waals surface area contributed by atoms with Crippen LogP contribution in [0.2, 0.25) is 0 Å². The van der Waals surface area contributed by atoms with Gasteiger partial charge in [-0.2, -0.15) is 9.98 Å². The van der Waals surface area contributed by atoms with Crippen molar-refractivity contribution in [3.8, 4) is 0 Å². The summed E-state index contributed by atoms with van der Waals surface area (Å²) in [7, 11) is 0. The monoisotopic (exact) mass is 655 g/mol. The summed E-state index contributed by atoms with van der Waals surface area (Å²) >= 11 is 0. The van der Waals surface area contributed by atoms with Crippen molar-refractivity contribution < 1.29 is 19.2 Å². The molecule has 2 unspecified atom stereocenters. The fraction of sp³-hybridized carbons (Fsp3) is 0.459. The second kappa shape index (κ2) is 15.1. The molecule has 48 heavy (non-hydrogen) atoms. The Bertz CT molecular complexity index is 1640.